The second kappa shape index (κ2) is 7.09. The minimum absolute atomic E-state index is 0.0513. The maximum absolute atomic E-state index is 12.8. The lowest BCUT2D eigenvalue weighted by atomic mass is 9.79. The summed E-state index contributed by atoms with van der Waals surface area (Å²) in [6.45, 7) is 5.53. The van der Waals surface area contributed by atoms with Crippen LogP contribution in [0.2, 0.25) is 0 Å². The normalized spacial score (nSPS) is 16.4. The summed E-state index contributed by atoms with van der Waals surface area (Å²) in [5, 5.41) is 11.4. The quantitative estimate of drug-likeness (QED) is 0.926. The van der Waals surface area contributed by atoms with Gasteiger partial charge in [-0.1, -0.05) is 13.0 Å². The number of ether oxygens (including phenoxy) is 1. The van der Waals surface area contributed by atoms with Crippen molar-refractivity contribution in [1.29, 1.82) is 0 Å². The Balaban J connectivity index is 1.63. The monoisotopic (exact) mass is 340 g/mol. The lowest BCUT2D eigenvalue weighted by molar-refractivity contribution is -0.125. The largest absolute Gasteiger partial charge is 0.497 e. The molecule has 1 aliphatic heterocycles. The van der Waals surface area contributed by atoms with E-state index in [-0.39, 0.29) is 5.91 Å². The Morgan fingerprint density at radius 3 is 2.60 bits per heavy atom. The van der Waals surface area contributed by atoms with Gasteiger partial charge in [0.15, 0.2) is 5.82 Å². The van der Waals surface area contributed by atoms with Gasteiger partial charge in [0.2, 0.25) is 5.91 Å². The van der Waals surface area contributed by atoms with Crippen LogP contribution in [0, 0.1) is 12.3 Å². The molecule has 2 aromatic rings. The molecule has 1 amide bonds. The molecule has 2 heterocycles. The lowest BCUT2D eigenvalue weighted by Gasteiger charge is -2.38. The van der Waals surface area contributed by atoms with Crippen molar-refractivity contribution in [2.75, 3.05) is 30.4 Å². The van der Waals surface area contributed by atoms with Gasteiger partial charge in [-0.3, -0.25) is 4.79 Å². The van der Waals surface area contributed by atoms with Crippen LogP contribution in [0.5, 0.6) is 5.75 Å². The number of aryl methyl sites for hydroxylation is 1. The Morgan fingerprint density at radius 2 is 1.96 bits per heavy atom. The number of carbonyl (C=O) groups excluding carboxylic acids is 1. The van der Waals surface area contributed by atoms with E-state index in [4.69, 9.17) is 4.74 Å². The van der Waals surface area contributed by atoms with E-state index in [2.05, 4.69) is 20.4 Å². The van der Waals surface area contributed by atoms with E-state index in [9.17, 15) is 4.79 Å². The molecule has 3 rings (SSSR count). The van der Waals surface area contributed by atoms with E-state index >= 15 is 0 Å². The summed E-state index contributed by atoms with van der Waals surface area (Å²) in [5.74, 6) is 1.66. The molecule has 0 atom stereocenters. The fraction of sp³-hybridized carbons (Fsp3) is 0.421. The fourth-order valence-corrected chi connectivity index (χ4v) is 3.00. The van der Waals surface area contributed by atoms with Gasteiger partial charge in [0.05, 0.1) is 18.2 Å². The maximum Gasteiger partial charge on any atom is 0.230 e. The molecule has 132 valence electrons. The Morgan fingerprint density at radius 1 is 1.20 bits per heavy atom. The molecular formula is C19H24N4O2. The number of carbonyl (C=O) groups is 1. The highest BCUT2D eigenvalue weighted by atomic mass is 16.5. The number of hydrogen-bond donors (Lipinski definition) is 1. The van der Waals surface area contributed by atoms with Crippen molar-refractivity contribution in [2.45, 2.75) is 26.7 Å². The highest BCUT2D eigenvalue weighted by Crippen LogP contribution is 2.34. The van der Waals surface area contributed by atoms with E-state index in [1.165, 1.54) is 0 Å². The van der Waals surface area contributed by atoms with Crippen molar-refractivity contribution < 1.29 is 9.53 Å². The zero-order valence-corrected chi connectivity index (χ0v) is 15.0. The number of nitrogens with zero attached hydrogens (tertiary/aromatic N) is 3. The summed E-state index contributed by atoms with van der Waals surface area (Å²) in [6, 6.07) is 11.4. The van der Waals surface area contributed by atoms with Gasteiger partial charge in [0.25, 0.3) is 0 Å². The third-order valence-corrected chi connectivity index (χ3v) is 4.85. The smallest absolute Gasteiger partial charge is 0.230 e. The molecule has 0 unspecified atom stereocenters. The third-order valence-electron chi connectivity index (χ3n) is 4.85. The van der Waals surface area contributed by atoms with Gasteiger partial charge in [0.1, 0.15) is 5.75 Å². The Hall–Kier alpha value is -2.63. The molecule has 0 spiro atoms. The van der Waals surface area contributed by atoms with E-state index in [1.807, 2.05) is 50.2 Å². The molecule has 1 N–H and O–H groups in total. The highest BCUT2D eigenvalue weighted by Gasteiger charge is 2.37. The predicted molar refractivity (Wildman–Crippen MR) is 97.9 cm³/mol. The molecule has 1 saturated heterocycles. The molecule has 1 aromatic carbocycles. The number of piperidine rings is 1. The summed E-state index contributed by atoms with van der Waals surface area (Å²) >= 11 is 0. The Bertz CT molecular complexity index is 737. The average molecular weight is 340 g/mol. The first-order valence-corrected chi connectivity index (χ1v) is 8.51. The van der Waals surface area contributed by atoms with Crippen LogP contribution in [0.1, 0.15) is 25.5 Å². The van der Waals surface area contributed by atoms with Crippen molar-refractivity contribution in [3.8, 4) is 5.75 Å². The zero-order chi connectivity index (χ0) is 17.9. The number of hydrogen-bond acceptors (Lipinski definition) is 5. The van der Waals surface area contributed by atoms with Crippen LogP contribution < -0.4 is 15.0 Å². The number of rotatable bonds is 4. The second-order valence-electron chi connectivity index (χ2n) is 6.77. The minimum atomic E-state index is -0.391. The molecule has 25 heavy (non-hydrogen) atoms. The number of methoxy groups -OCH3 is 1. The number of benzene rings is 1. The van der Waals surface area contributed by atoms with Crippen molar-refractivity contribution >= 4 is 17.4 Å². The van der Waals surface area contributed by atoms with Crippen LogP contribution in [0.3, 0.4) is 0 Å². The lowest BCUT2D eigenvalue weighted by Crippen LogP contribution is -2.45. The van der Waals surface area contributed by atoms with Crippen molar-refractivity contribution in [3.05, 3.63) is 42.1 Å². The highest BCUT2D eigenvalue weighted by molar-refractivity contribution is 5.95. The summed E-state index contributed by atoms with van der Waals surface area (Å²) in [7, 11) is 1.62. The van der Waals surface area contributed by atoms with Crippen LogP contribution in [-0.4, -0.2) is 36.3 Å². The number of nitrogens with one attached hydrogen (secondary N) is 1. The van der Waals surface area contributed by atoms with Crippen LogP contribution in [0.15, 0.2) is 36.4 Å². The SMILES string of the molecule is COc1cccc(NC(=O)C2(C)CCN(c3ccc(C)nn3)CC2)c1. The number of aromatic nitrogens is 2. The standard InChI is InChI=1S/C19H24N4O2/c1-14-7-8-17(22-21-14)23-11-9-19(2,10-12-23)18(24)20-15-5-4-6-16(13-15)25-3/h4-8,13H,9-12H2,1-3H3,(H,20,24). The molecule has 6 nitrogen and oxygen atoms in total. The van der Waals surface area contributed by atoms with Crippen LogP contribution in [-0.2, 0) is 4.79 Å². The molecular weight excluding hydrogens is 316 g/mol. The van der Waals surface area contributed by atoms with Gasteiger partial charge in [-0.2, -0.15) is 5.10 Å². The molecule has 0 bridgehead atoms. The maximum atomic E-state index is 12.8. The molecule has 1 fully saturated rings. The van der Waals surface area contributed by atoms with Crippen molar-refractivity contribution in [3.63, 3.8) is 0 Å². The van der Waals surface area contributed by atoms with E-state index in [0.29, 0.717) is 0 Å². The first kappa shape index (κ1) is 17.2. The number of amides is 1. The van der Waals surface area contributed by atoms with Gasteiger partial charge < -0.3 is 15.0 Å². The van der Waals surface area contributed by atoms with Gasteiger partial charge in [-0.15, -0.1) is 5.10 Å². The Labute approximate surface area is 148 Å². The summed E-state index contributed by atoms with van der Waals surface area (Å²) in [6.07, 6.45) is 1.55. The van der Waals surface area contributed by atoms with Crippen molar-refractivity contribution in [2.24, 2.45) is 5.41 Å². The average Bonchev–Trinajstić information content (AvgIpc) is 2.63. The summed E-state index contributed by atoms with van der Waals surface area (Å²) in [4.78, 5) is 15.0. The van der Waals surface area contributed by atoms with Gasteiger partial charge in [0, 0.05) is 24.8 Å². The third kappa shape index (κ3) is 3.90. The van der Waals surface area contributed by atoms with Gasteiger partial charge >= 0.3 is 0 Å². The topological polar surface area (TPSA) is 67.3 Å². The van der Waals surface area contributed by atoms with E-state index < -0.39 is 5.41 Å². The van der Waals surface area contributed by atoms with Crippen molar-refractivity contribution in [1.82, 2.24) is 10.2 Å². The predicted octanol–water partition coefficient (Wildman–Crippen LogP) is 3.04. The Kier molecular flexibility index (Phi) is 4.88. The van der Waals surface area contributed by atoms with Crippen LogP contribution in [0.25, 0.3) is 0 Å². The molecule has 0 aliphatic carbocycles. The fourth-order valence-electron chi connectivity index (χ4n) is 3.00. The first-order chi connectivity index (χ1) is 12.0. The molecule has 6 heteroatoms. The van der Waals surface area contributed by atoms with Gasteiger partial charge in [-0.05, 0) is 44.0 Å². The summed E-state index contributed by atoms with van der Waals surface area (Å²) < 4.78 is 5.21. The van der Waals surface area contributed by atoms with E-state index in [1.54, 1.807) is 7.11 Å². The second-order valence-corrected chi connectivity index (χ2v) is 6.77. The molecule has 0 saturated carbocycles. The molecule has 0 radical (unpaired) electrons. The molecule has 1 aliphatic rings. The van der Waals surface area contributed by atoms with Crippen LogP contribution >= 0.6 is 0 Å². The molecule has 1 aromatic heterocycles. The summed E-state index contributed by atoms with van der Waals surface area (Å²) in [5.41, 5.74) is 1.28. The van der Waals surface area contributed by atoms with E-state index in [0.717, 1.165) is 48.9 Å². The first-order valence-electron chi connectivity index (χ1n) is 8.51. The number of anilines is 2. The van der Waals surface area contributed by atoms with Gasteiger partial charge in [-0.25, -0.2) is 0 Å². The minimum Gasteiger partial charge on any atom is -0.497 e. The van der Waals surface area contributed by atoms with Crippen LogP contribution in [0.4, 0.5) is 11.5 Å². The zero-order valence-electron chi connectivity index (χ0n) is 15.0.